The maximum atomic E-state index is 13.0. The van der Waals surface area contributed by atoms with Crippen LogP contribution in [0.5, 0.6) is 34.5 Å². The molecule has 0 fully saturated rings. The standard InChI is InChI=1S/C44H50O6/c1-4-6-8-10-11-13-29-47-35-17-14-33(15-18-35)16-27-44(45)50-39-24-26-41-40-25-23-38(46-3)30-34(40)31-43(42(41)32-39)49-37-21-19-36(20-22-37)48-28-12-9-7-5-2/h4,14-15,17-26,30-32H,1,5-13,16,27-29H2,2-3H3. The molecule has 0 bridgehead atoms. The Morgan fingerprint density at radius 1 is 0.640 bits per heavy atom. The van der Waals surface area contributed by atoms with Crippen molar-refractivity contribution in [3.05, 3.63) is 109 Å². The van der Waals surface area contributed by atoms with E-state index in [0.29, 0.717) is 36.9 Å². The fourth-order valence-corrected chi connectivity index (χ4v) is 5.93. The lowest BCUT2D eigenvalue weighted by molar-refractivity contribution is -0.134. The smallest absolute Gasteiger partial charge is 0.311 e. The third-order valence-electron chi connectivity index (χ3n) is 8.75. The Kier molecular flexibility index (Phi) is 14.0. The van der Waals surface area contributed by atoms with Crippen molar-refractivity contribution in [2.75, 3.05) is 20.3 Å². The number of ether oxygens (including phenoxy) is 5. The van der Waals surface area contributed by atoms with Crippen LogP contribution in [0.25, 0.3) is 21.5 Å². The van der Waals surface area contributed by atoms with Gasteiger partial charge in [0, 0.05) is 11.8 Å². The summed E-state index contributed by atoms with van der Waals surface area (Å²) in [5, 5.41) is 3.87. The van der Waals surface area contributed by atoms with Crippen LogP contribution in [0.15, 0.2) is 104 Å². The van der Waals surface area contributed by atoms with Crippen molar-refractivity contribution >= 4 is 27.5 Å². The van der Waals surface area contributed by atoms with Crippen molar-refractivity contribution < 1.29 is 28.5 Å². The van der Waals surface area contributed by atoms with Crippen LogP contribution >= 0.6 is 0 Å². The van der Waals surface area contributed by atoms with Gasteiger partial charge in [-0.05, 0) is 127 Å². The summed E-state index contributed by atoms with van der Waals surface area (Å²) < 4.78 is 29.6. The van der Waals surface area contributed by atoms with Gasteiger partial charge in [0.05, 0.1) is 20.3 Å². The second-order valence-corrected chi connectivity index (χ2v) is 12.6. The Hall–Kier alpha value is -4.97. The quantitative estimate of drug-likeness (QED) is 0.0254. The number of hydrogen-bond acceptors (Lipinski definition) is 6. The molecule has 50 heavy (non-hydrogen) atoms. The molecule has 0 N–H and O–H groups in total. The number of esters is 1. The van der Waals surface area contributed by atoms with E-state index >= 15 is 0 Å². The van der Waals surface area contributed by atoms with E-state index in [4.69, 9.17) is 23.7 Å². The third kappa shape index (κ3) is 10.8. The van der Waals surface area contributed by atoms with Crippen molar-refractivity contribution in [1.29, 1.82) is 0 Å². The van der Waals surface area contributed by atoms with Gasteiger partial charge in [-0.2, -0.15) is 0 Å². The maximum Gasteiger partial charge on any atom is 0.311 e. The maximum absolute atomic E-state index is 13.0. The number of carbonyl (C=O) groups is 1. The van der Waals surface area contributed by atoms with Crippen molar-refractivity contribution in [3.8, 4) is 34.5 Å². The van der Waals surface area contributed by atoms with Gasteiger partial charge in [0.1, 0.15) is 34.5 Å². The molecule has 0 saturated heterocycles. The van der Waals surface area contributed by atoms with Crippen LogP contribution in [-0.4, -0.2) is 26.3 Å². The molecule has 5 aromatic rings. The number of benzene rings is 5. The van der Waals surface area contributed by atoms with E-state index in [1.807, 2.05) is 97.1 Å². The molecule has 6 nitrogen and oxygen atoms in total. The van der Waals surface area contributed by atoms with Gasteiger partial charge in [0.2, 0.25) is 0 Å². The van der Waals surface area contributed by atoms with Gasteiger partial charge in [0.25, 0.3) is 0 Å². The SMILES string of the molecule is C=CCCCCCCOc1ccc(CCC(=O)Oc2ccc3c(c2)c(Oc2ccc(OCCCCCC)cc2)cc2cc(OC)ccc23)cc1. The van der Waals surface area contributed by atoms with Gasteiger partial charge in [-0.1, -0.05) is 63.3 Å². The molecule has 5 aromatic carbocycles. The van der Waals surface area contributed by atoms with Gasteiger partial charge >= 0.3 is 5.97 Å². The molecule has 0 radical (unpaired) electrons. The summed E-state index contributed by atoms with van der Waals surface area (Å²) in [4.78, 5) is 13.0. The monoisotopic (exact) mass is 674 g/mol. The second-order valence-electron chi connectivity index (χ2n) is 12.6. The molecule has 0 aromatic heterocycles. The van der Waals surface area contributed by atoms with Crippen LogP contribution in [0.2, 0.25) is 0 Å². The number of aryl methyl sites for hydroxylation is 1. The molecule has 0 heterocycles. The number of carbonyl (C=O) groups excluding carboxylic acids is 1. The molecule has 0 saturated carbocycles. The molecule has 0 aliphatic heterocycles. The van der Waals surface area contributed by atoms with Crippen LogP contribution in [0, 0.1) is 0 Å². The first-order chi connectivity index (χ1) is 24.6. The van der Waals surface area contributed by atoms with E-state index in [-0.39, 0.29) is 12.4 Å². The average Bonchev–Trinajstić information content (AvgIpc) is 3.14. The van der Waals surface area contributed by atoms with E-state index < -0.39 is 0 Å². The summed E-state index contributed by atoms with van der Waals surface area (Å²) in [5.74, 6) is 3.96. The first kappa shape index (κ1) is 36.3. The van der Waals surface area contributed by atoms with E-state index in [0.717, 1.165) is 70.0 Å². The van der Waals surface area contributed by atoms with Gasteiger partial charge in [-0.25, -0.2) is 0 Å². The lowest BCUT2D eigenvalue weighted by Gasteiger charge is -2.14. The molecule has 0 aliphatic rings. The number of hydrogen-bond donors (Lipinski definition) is 0. The van der Waals surface area contributed by atoms with Crippen molar-refractivity contribution in [2.45, 2.75) is 77.6 Å². The van der Waals surface area contributed by atoms with Crippen molar-refractivity contribution in [2.24, 2.45) is 0 Å². The minimum atomic E-state index is -0.292. The summed E-state index contributed by atoms with van der Waals surface area (Å²) in [5.41, 5.74) is 1.06. The summed E-state index contributed by atoms with van der Waals surface area (Å²) >= 11 is 0. The van der Waals surface area contributed by atoms with E-state index in [1.165, 1.54) is 32.1 Å². The molecular weight excluding hydrogens is 624 g/mol. The number of allylic oxidation sites excluding steroid dienone is 1. The van der Waals surface area contributed by atoms with Crippen LogP contribution in [0.4, 0.5) is 0 Å². The summed E-state index contributed by atoms with van der Waals surface area (Å²) in [6.45, 7) is 7.39. The van der Waals surface area contributed by atoms with Gasteiger partial charge in [0.15, 0.2) is 0 Å². The first-order valence-corrected chi connectivity index (χ1v) is 18.0. The molecule has 0 aliphatic carbocycles. The van der Waals surface area contributed by atoms with Crippen LogP contribution < -0.4 is 23.7 Å². The normalized spacial score (nSPS) is 11.0. The van der Waals surface area contributed by atoms with Gasteiger partial charge < -0.3 is 23.7 Å². The average molecular weight is 675 g/mol. The van der Waals surface area contributed by atoms with Crippen molar-refractivity contribution in [1.82, 2.24) is 0 Å². The topological polar surface area (TPSA) is 63.2 Å². The number of fused-ring (bicyclic) bond motifs is 3. The Bertz CT molecular complexity index is 1810. The number of rotatable bonds is 21. The Balaban J connectivity index is 1.22. The number of unbranched alkanes of at least 4 members (excludes halogenated alkanes) is 7. The molecule has 0 unspecified atom stereocenters. The predicted molar refractivity (Wildman–Crippen MR) is 203 cm³/mol. The Morgan fingerprint density at radius 3 is 1.96 bits per heavy atom. The third-order valence-corrected chi connectivity index (χ3v) is 8.75. The van der Waals surface area contributed by atoms with Crippen molar-refractivity contribution in [3.63, 3.8) is 0 Å². The Labute approximate surface area is 297 Å². The molecule has 262 valence electrons. The fourth-order valence-electron chi connectivity index (χ4n) is 5.93. The highest BCUT2D eigenvalue weighted by Gasteiger charge is 2.14. The van der Waals surface area contributed by atoms with Gasteiger partial charge in [-0.3, -0.25) is 4.79 Å². The molecule has 6 heteroatoms. The molecule has 0 spiro atoms. The largest absolute Gasteiger partial charge is 0.497 e. The second kappa shape index (κ2) is 19.3. The van der Waals surface area contributed by atoms with E-state index in [1.54, 1.807) is 7.11 Å². The zero-order valence-corrected chi connectivity index (χ0v) is 29.6. The molecule has 0 atom stereocenters. The molecular formula is C44H50O6. The van der Waals surface area contributed by atoms with E-state index in [9.17, 15) is 4.79 Å². The predicted octanol–water partition coefficient (Wildman–Crippen LogP) is 11.8. The highest BCUT2D eigenvalue weighted by atomic mass is 16.5. The highest BCUT2D eigenvalue weighted by Crippen LogP contribution is 2.39. The van der Waals surface area contributed by atoms with Gasteiger partial charge in [-0.15, -0.1) is 6.58 Å². The lowest BCUT2D eigenvalue weighted by Crippen LogP contribution is -2.09. The first-order valence-electron chi connectivity index (χ1n) is 18.0. The van der Waals surface area contributed by atoms with E-state index in [2.05, 4.69) is 13.5 Å². The highest BCUT2D eigenvalue weighted by molar-refractivity contribution is 6.11. The zero-order valence-electron chi connectivity index (χ0n) is 29.6. The van der Waals surface area contributed by atoms with Crippen LogP contribution in [0.1, 0.15) is 76.7 Å². The Morgan fingerprint density at radius 2 is 1.26 bits per heavy atom. The number of methoxy groups -OCH3 is 1. The zero-order chi connectivity index (χ0) is 35.0. The molecule has 5 rings (SSSR count). The fraction of sp³-hybridized carbons (Fsp3) is 0.341. The summed E-state index contributed by atoms with van der Waals surface area (Å²) in [6, 6.07) is 29.4. The van der Waals surface area contributed by atoms with Crippen LogP contribution in [-0.2, 0) is 11.2 Å². The summed E-state index contributed by atoms with van der Waals surface area (Å²) in [6.07, 6.45) is 13.1. The molecule has 0 amide bonds. The summed E-state index contributed by atoms with van der Waals surface area (Å²) in [7, 11) is 1.66. The minimum Gasteiger partial charge on any atom is -0.497 e. The minimum absolute atomic E-state index is 0.261. The van der Waals surface area contributed by atoms with Crippen LogP contribution in [0.3, 0.4) is 0 Å². The lowest BCUT2D eigenvalue weighted by atomic mass is 10.0.